The highest BCUT2D eigenvalue weighted by Gasteiger charge is 1.92. The maximum absolute atomic E-state index is 2.36. The van der Waals surface area contributed by atoms with E-state index in [-0.39, 0.29) is 0 Å². The van der Waals surface area contributed by atoms with Gasteiger partial charge in [-0.15, -0.1) is 0 Å². The topological polar surface area (TPSA) is 0 Å². The summed E-state index contributed by atoms with van der Waals surface area (Å²) < 4.78 is 0. The van der Waals surface area contributed by atoms with E-state index in [0.717, 1.165) is 5.92 Å². The van der Waals surface area contributed by atoms with Gasteiger partial charge >= 0.3 is 0 Å². The van der Waals surface area contributed by atoms with Crippen molar-refractivity contribution < 1.29 is 0 Å². The van der Waals surface area contributed by atoms with Gasteiger partial charge in [0.1, 0.15) is 0 Å². The highest BCUT2D eigenvalue weighted by molar-refractivity contribution is 4.83. The Labute approximate surface area is 110 Å². The minimum absolute atomic E-state index is 0.720. The Hall–Kier alpha value is -0.260. The fraction of sp³-hybridized carbons (Fsp3) is 0.882. The fourth-order valence-electron chi connectivity index (χ4n) is 2.12. The molecule has 0 spiro atoms. The maximum atomic E-state index is 2.36. The van der Waals surface area contributed by atoms with Crippen molar-refractivity contribution in [2.45, 2.75) is 91.4 Å². The summed E-state index contributed by atoms with van der Waals surface area (Å²) in [5.41, 5.74) is 0. The smallest absolute Gasteiger partial charge is 0.0290 e. The molecule has 0 amide bonds. The zero-order valence-electron chi connectivity index (χ0n) is 12.5. The van der Waals surface area contributed by atoms with Crippen LogP contribution >= 0.6 is 0 Å². The number of hydrogen-bond donors (Lipinski definition) is 0. The van der Waals surface area contributed by atoms with Crippen LogP contribution in [0.4, 0.5) is 0 Å². The van der Waals surface area contributed by atoms with E-state index in [2.05, 4.69) is 32.9 Å². The summed E-state index contributed by atoms with van der Waals surface area (Å²) >= 11 is 0. The average Bonchev–Trinajstić information content (AvgIpc) is 2.30. The predicted molar refractivity (Wildman–Crippen MR) is 80.4 cm³/mol. The van der Waals surface area contributed by atoms with Crippen molar-refractivity contribution in [2.75, 3.05) is 0 Å². The van der Waals surface area contributed by atoms with Crippen LogP contribution in [0, 0.1) is 5.92 Å². The lowest BCUT2D eigenvalue weighted by atomic mass is 10.1. The molecule has 0 heterocycles. The van der Waals surface area contributed by atoms with Crippen molar-refractivity contribution in [1.29, 1.82) is 0 Å². The summed E-state index contributed by atoms with van der Waals surface area (Å²) in [5.74, 6) is 0.720. The minimum Gasteiger partial charge on any atom is -0.0883 e. The molecule has 0 nitrogen and oxygen atoms in total. The van der Waals surface area contributed by atoms with Crippen LogP contribution in [0.5, 0.6) is 0 Å². The number of rotatable bonds is 12. The van der Waals surface area contributed by atoms with Gasteiger partial charge in [-0.2, -0.15) is 0 Å². The van der Waals surface area contributed by atoms with Crippen LogP contribution in [0.25, 0.3) is 0 Å². The van der Waals surface area contributed by atoms with Crippen molar-refractivity contribution >= 4 is 0 Å². The number of unbranched alkanes of at least 4 members (excludes halogenated alkanes) is 10. The van der Waals surface area contributed by atoms with Gasteiger partial charge in [0.15, 0.2) is 0 Å². The predicted octanol–water partition coefficient (Wildman–Crippen LogP) is 6.51. The van der Waals surface area contributed by atoms with E-state index in [1.165, 1.54) is 70.6 Å². The van der Waals surface area contributed by atoms with Gasteiger partial charge in [-0.1, -0.05) is 90.7 Å². The van der Waals surface area contributed by atoms with Crippen molar-refractivity contribution in [3.8, 4) is 0 Å². The number of hydrogen-bond acceptors (Lipinski definition) is 0. The van der Waals surface area contributed by atoms with Crippen molar-refractivity contribution in [1.82, 2.24) is 0 Å². The Balaban J connectivity index is 2.99. The van der Waals surface area contributed by atoms with Gasteiger partial charge in [0.2, 0.25) is 0 Å². The molecule has 0 aromatic carbocycles. The summed E-state index contributed by atoms with van der Waals surface area (Å²) in [6.07, 6.45) is 20.3. The average molecular weight is 238 g/mol. The molecule has 0 atom stereocenters. The summed E-state index contributed by atoms with van der Waals surface area (Å²) in [7, 11) is 0. The highest BCUT2D eigenvalue weighted by atomic mass is 14.0. The van der Waals surface area contributed by atoms with E-state index in [0.29, 0.717) is 0 Å². The summed E-state index contributed by atoms with van der Waals surface area (Å²) in [5, 5.41) is 0. The first-order chi connectivity index (χ1) is 8.27. The van der Waals surface area contributed by atoms with Crippen molar-refractivity contribution in [3.63, 3.8) is 0 Å². The summed E-state index contributed by atoms with van der Waals surface area (Å²) in [6.45, 7) is 6.78. The number of allylic oxidation sites excluding steroid dienone is 2. The van der Waals surface area contributed by atoms with Gasteiger partial charge in [0.05, 0.1) is 0 Å². The molecule has 0 saturated heterocycles. The molecule has 0 aromatic heterocycles. The Bertz CT molecular complexity index is 155. The zero-order valence-corrected chi connectivity index (χ0v) is 12.5. The van der Waals surface area contributed by atoms with Crippen LogP contribution in [0.15, 0.2) is 12.2 Å². The Morgan fingerprint density at radius 2 is 1.18 bits per heavy atom. The quantitative estimate of drug-likeness (QED) is 0.268. The van der Waals surface area contributed by atoms with E-state index in [4.69, 9.17) is 0 Å². The molecule has 0 bridgehead atoms. The molecule has 0 aromatic rings. The molecule has 0 radical (unpaired) electrons. The first kappa shape index (κ1) is 16.7. The van der Waals surface area contributed by atoms with Gasteiger partial charge in [-0.05, 0) is 18.8 Å². The maximum Gasteiger partial charge on any atom is -0.0290 e. The fourth-order valence-corrected chi connectivity index (χ4v) is 2.12. The monoisotopic (exact) mass is 238 g/mol. The Morgan fingerprint density at radius 1 is 0.706 bits per heavy atom. The minimum atomic E-state index is 0.720. The Morgan fingerprint density at radius 3 is 1.65 bits per heavy atom. The molecule has 0 aliphatic heterocycles. The third-order valence-corrected chi connectivity index (χ3v) is 3.25. The van der Waals surface area contributed by atoms with Crippen LogP contribution in [0.2, 0.25) is 0 Å². The molecule has 0 aliphatic rings. The van der Waals surface area contributed by atoms with Crippen LogP contribution in [0.1, 0.15) is 91.4 Å². The summed E-state index contributed by atoms with van der Waals surface area (Å²) in [6, 6.07) is 0. The SMILES string of the molecule is CCCCCCCCCCCC/C=C/C(C)C. The third kappa shape index (κ3) is 15.7. The van der Waals surface area contributed by atoms with Gasteiger partial charge in [-0.3, -0.25) is 0 Å². The second-order valence-electron chi connectivity index (χ2n) is 5.64. The van der Waals surface area contributed by atoms with Crippen molar-refractivity contribution in [3.05, 3.63) is 12.2 Å². The standard InChI is InChI=1S/C17H34/c1-4-5-6-7-8-9-10-11-12-13-14-15-16-17(2)3/h15-17H,4-14H2,1-3H3/b16-15+. The molecule has 102 valence electrons. The largest absolute Gasteiger partial charge is 0.0883 e. The first-order valence-corrected chi connectivity index (χ1v) is 7.94. The van der Waals surface area contributed by atoms with E-state index in [1.54, 1.807) is 0 Å². The lowest BCUT2D eigenvalue weighted by Crippen LogP contribution is -1.82. The van der Waals surface area contributed by atoms with Crippen LogP contribution in [-0.2, 0) is 0 Å². The first-order valence-electron chi connectivity index (χ1n) is 7.94. The zero-order chi connectivity index (χ0) is 12.8. The van der Waals surface area contributed by atoms with E-state index >= 15 is 0 Å². The van der Waals surface area contributed by atoms with Gasteiger partial charge < -0.3 is 0 Å². The lowest BCUT2D eigenvalue weighted by molar-refractivity contribution is 0.557. The molecule has 0 heteroatoms. The molecular formula is C17H34. The van der Waals surface area contributed by atoms with E-state index < -0.39 is 0 Å². The van der Waals surface area contributed by atoms with Gasteiger partial charge in [0, 0.05) is 0 Å². The molecule has 17 heavy (non-hydrogen) atoms. The van der Waals surface area contributed by atoms with Crippen LogP contribution in [-0.4, -0.2) is 0 Å². The molecule has 0 aliphatic carbocycles. The van der Waals surface area contributed by atoms with E-state index in [9.17, 15) is 0 Å². The van der Waals surface area contributed by atoms with Crippen LogP contribution < -0.4 is 0 Å². The van der Waals surface area contributed by atoms with Gasteiger partial charge in [0.25, 0.3) is 0 Å². The Kier molecular flexibility index (Phi) is 13.6. The second kappa shape index (κ2) is 13.8. The van der Waals surface area contributed by atoms with Crippen molar-refractivity contribution in [2.24, 2.45) is 5.92 Å². The highest BCUT2D eigenvalue weighted by Crippen LogP contribution is 2.11. The second-order valence-corrected chi connectivity index (χ2v) is 5.64. The van der Waals surface area contributed by atoms with Gasteiger partial charge in [-0.25, -0.2) is 0 Å². The molecule has 0 unspecified atom stereocenters. The van der Waals surface area contributed by atoms with E-state index in [1.807, 2.05) is 0 Å². The third-order valence-electron chi connectivity index (χ3n) is 3.25. The molecule has 0 N–H and O–H groups in total. The normalized spacial score (nSPS) is 11.8. The molecular weight excluding hydrogens is 204 g/mol. The molecule has 0 rings (SSSR count). The molecule has 0 fully saturated rings. The molecule has 0 saturated carbocycles. The lowest BCUT2D eigenvalue weighted by Gasteiger charge is -2.01. The summed E-state index contributed by atoms with van der Waals surface area (Å²) in [4.78, 5) is 0. The van der Waals surface area contributed by atoms with Crippen LogP contribution in [0.3, 0.4) is 0 Å².